The average Bonchev–Trinajstić information content (AvgIpc) is 2.53. The van der Waals surface area contributed by atoms with E-state index in [-0.39, 0.29) is 0 Å². The molecular formula is C17H15BrN2O. The van der Waals surface area contributed by atoms with Crippen molar-refractivity contribution in [1.29, 1.82) is 0 Å². The number of fused-ring (bicyclic) bond motifs is 1. The zero-order valence-corrected chi connectivity index (χ0v) is 13.2. The van der Waals surface area contributed by atoms with Crippen molar-refractivity contribution < 1.29 is 4.74 Å². The summed E-state index contributed by atoms with van der Waals surface area (Å²) in [6.07, 6.45) is 1.85. The van der Waals surface area contributed by atoms with E-state index in [1.54, 1.807) is 7.11 Å². The monoisotopic (exact) mass is 342 g/mol. The van der Waals surface area contributed by atoms with Gasteiger partial charge < -0.3 is 10.1 Å². The Morgan fingerprint density at radius 3 is 2.81 bits per heavy atom. The molecule has 0 saturated carbocycles. The van der Waals surface area contributed by atoms with Crippen molar-refractivity contribution in [2.45, 2.75) is 6.54 Å². The van der Waals surface area contributed by atoms with Gasteiger partial charge in [-0.25, -0.2) is 0 Å². The first-order valence-electron chi connectivity index (χ1n) is 6.68. The maximum Gasteiger partial charge on any atom is 0.133 e. The molecule has 0 amide bonds. The molecule has 1 heterocycles. The Bertz CT molecular complexity index is 768. The van der Waals surface area contributed by atoms with Crippen molar-refractivity contribution in [2.24, 2.45) is 0 Å². The number of para-hydroxylation sites is 1. The number of pyridine rings is 1. The summed E-state index contributed by atoms with van der Waals surface area (Å²) in [4.78, 5) is 4.38. The second-order valence-electron chi connectivity index (χ2n) is 4.69. The fourth-order valence-electron chi connectivity index (χ4n) is 2.28. The molecule has 4 heteroatoms. The standard InChI is InChI=1S/C17H15BrN2O/c1-21-17-7-6-13(10-15(17)18)20-11-12-8-9-19-16-5-3-2-4-14(12)16/h2-10,20H,11H2,1H3. The van der Waals surface area contributed by atoms with Gasteiger partial charge in [0, 0.05) is 23.8 Å². The number of anilines is 1. The zero-order chi connectivity index (χ0) is 14.7. The summed E-state index contributed by atoms with van der Waals surface area (Å²) >= 11 is 3.50. The molecule has 2 aromatic carbocycles. The van der Waals surface area contributed by atoms with Gasteiger partial charge in [-0.1, -0.05) is 18.2 Å². The van der Waals surface area contributed by atoms with Crippen molar-refractivity contribution in [1.82, 2.24) is 4.98 Å². The minimum atomic E-state index is 0.752. The molecule has 0 aliphatic carbocycles. The van der Waals surface area contributed by atoms with Crippen LogP contribution in [0.15, 0.2) is 59.2 Å². The Balaban J connectivity index is 1.82. The number of nitrogens with one attached hydrogen (secondary N) is 1. The molecule has 1 aromatic heterocycles. The SMILES string of the molecule is COc1ccc(NCc2ccnc3ccccc23)cc1Br. The average molecular weight is 343 g/mol. The highest BCUT2D eigenvalue weighted by atomic mass is 79.9. The van der Waals surface area contributed by atoms with E-state index in [1.165, 1.54) is 10.9 Å². The van der Waals surface area contributed by atoms with Crippen molar-refractivity contribution >= 4 is 32.5 Å². The van der Waals surface area contributed by atoms with Gasteiger partial charge in [0.15, 0.2) is 0 Å². The van der Waals surface area contributed by atoms with Gasteiger partial charge in [0.25, 0.3) is 0 Å². The number of benzene rings is 2. The summed E-state index contributed by atoms with van der Waals surface area (Å²) in [5, 5.41) is 4.61. The molecule has 0 radical (unpaired) electrons. The molecule has 0 atom stereocenters. The molecule has 0 unspecified atom stereocenters. The van der Waals surface area contributed by atoms with Crippen LogP contribution >= 0.6 is 15.9 Å². The lowest BCUT2D eigenvalue weighted by atomic mass is 10.1. The minimum absolute atomic E-state index is 0.752. The van der Waals surface area contributed by atoms with Crippen molar-refractivity contribution in [3.63, 3.8) is 0 Å². The van der Waals surface area contributed by atoms with Crippen LogP contribution in [0.4, 0.5) is 5.69 Å². The van der Waals surface area contributed by atoms with Crippen molar-refractivity contribution in [3.05, 3.63) is 64.8 Å². The van der Waals surface area contributed by atoms with E-state index in [0.717, 1.165) is 28.0 Å². The van der Waals surface area contributed by atoms with E-state index in [2.05, 4.69) is 32.3 Å². The predicted octanol–water partition coefficient (Wildman–Crippen LogP) is 4.62. The maximum absolute atomic E-state index is 5.24. The van der Waals surface area contributed by atoms with E-state index in [9.17, 15) is 0 Å². The molecular weight excluding hydrogens is 328 g/mol. The lowest BCUT2D eigenvalue weighted by Gasteiger charge is -2.10. The molecule has 21 heavy (non-hydrogen) atoms. The van der Waals surface area contributed by atoms with Crippen LogP contribution in [0.5, 0.6) is 5.75 Å². The predicted molar refractivity (Wildman–Crippen MR) is 89.8 cm³/mol. The molecule has 0 spiro atoms. The summed E-state index contributed by atoms with van der Waals surface area (Å²) in [6.45, 7) is 0.752. The van der Waals surface area contributed by atoms with Crippen LogP contribution in [0.1, 0.15) is 5.56 Å². The van der Waals surface area contributed by atoms with Crippen LogP contribution in [-0.2, 0) is 6.54 Å². The fourth-order valence-corrected chi connectivity index (χ4v) is 2.82. The quantitative estimate of drug-likeness (QED) is 0.751. The number of nitrogens with zero attached hydrogens (tertiary/aromatic N) is 1. The van der Waals surface area contributed by atoms with Crippen LogP contribution in [-0.4, -0.2) is 12.1 Å². The molecule has 0 aliphatic rings. The zero-order valence-electron chi connectivity index (χ0n) is 11.6. The first-order valence-corrected chi connectivity index (χ1v) is 7.47. The van der Waals surface area contributed by atoms with Gasteiger partial charge in [0.05, 0.1) is 17.1 Å². The number of methoxy groups -OCH3 is 1. The van der Waals surface area contributed by atoms with Crippen LogP contribution < -0.4 is 10.1 Å². The van der Waals surface area contributed by atoms with Crippen molar-refractivity contribution in [3.8, 4) is 5.75 Å². The van der Waals surface area contributed by atoms with Crippen LogP contribution in [0.2, 0.25) is 0 Å². The van der Waals surface area contributed by atoms with Crippen LogP contribution in [0.25, 0.3) is 10.9 Å². The van der Waals surface area contributed by atoms with E-state index in [1.807, 2.05) is 48.7 Å². The molecule has 3 nitrogen and oxygen atoms in total. The first kappa shape index (κ1) is 13.9. The van der Waals surface area contributed by atoms with Crippen LogP contribution in [0, 0.1) is 0 Å². The first-order chi connectivity index (χ1) is 10.3. The summed E-state index contributed by atoms with van der Waals surface area (Å²) in [5.41, 5.74) is 3.30. The molecule has 0 bridgehead atoms. The second kappa shape index (κ2) is 6.14. The molecule has 106 valence electrons. The Kier molecular flexibility index (Phi) is 4.06. The van der Waals surface area contributed by atoms with E-state index in [0.29, 0.717) is 0 Å². The van der Waals surface area contributed by atoms with E-state index in [4.69, 9.17) is 4.74 Å². The number of hydrogen-bond acceptors (Lipinski definition) is 3. The highest BCUT2D eigenvalue weighted by Crippen LogP contribution is 2.28. The Labute approximate surface area is 132 Å². The van der Waals surface area contributed by atoms with Gasteiger partial charge in [-0.3, -0.25) is 4.98 Å². The van der Waals surface area contributed by atoms with Crippen molar-refractivity contribution in [2.75, 3.05) is 12.4 Å². The number of halogens is 1. The van der Waals surface area contributed by atoms with E-state index < -0.39 is 0 Å². The number of rotatable bonds is 4. The molecule has 3 aromatic rings. The van der Waals surface area contributed by atoms with Gasteiger partial charge >= 0.3 is 0 Å². The van der Waals surface area contributed by atoms with Gasteiger partial charge in [0.2, 0.25) is 0 Å². The molecule has 0 saturated heterocycles. The summed E-state index contributed by atoms with van der Waals surface area (Å²) in [5.74, 6) is 0.829. The lowest BCUT2D eigenvalue weighted by molar-refractivity contribution is 0.412. The third kappa shape index (κ3) is 3.00. The summed E-state index contributed by atoms with van der Waals surface area (Å²) < 4.78 is 6.18. The fraction of sp³-hybridized carbons (Fsp3) is 0.118. The summed E-state index contributed by atoms with van der Waals surface area (Å²) in [7, 11) is 1.66. The Morgan fingerprint density at radius 2 is 2.00 bits per heavy atom. The highest BCUT2D eigenvalue weighted by molar-refractivity contribution is 9.10. The van der Waals surface area contributed by atoms with Gasteiger partial charge in [-0.15, -0.1) is 0 Å². The van der Waals surface area contributed by atoms with Gasteiger partial charge in [-0.2, -0.15) is 0 Å². The maximum atomic E-state index is 5.24. The third-order valence-corrected chi connectivity index (χ3v) is 3.99. The number of ether oxygens (including phenoxy) is 1. The third-order valence-electron chi connectivity index (χ3n) is 3.37. The van der Waals surface area contributed by atoms with Gasteiger partial charge in [-0.05, 0) is 51.8 Å². The molecule has 0 fully saturated rings. The molecule has 3 rings (SSSR count). The lowest BCUT2D eigenvalue weighted by Crippen LogP contribution is -2.00. The Morgan fingerprint density at radius 1 is 1.14 bits per heavy atom. The second-order valence-corrected chi connectivity index (χ2v) is 5.54. The molecule has 1 N–H and O–H groups in total. The summed E-state index contributed by atoms with van der Waals surface area (Å²) in [6, 6.07) is 16.2. The smallest absolute Gasteiger partial charge is 0.133 e. The van der Waals surface area contributed by atoms with Crippen LogP contribution in [0.3, 0.4) is 0 Å². The minimum Gasteiger partial charge on any atom is -0.496 e. The van der Waals surface area contributed by atoms with E-state index >= 15 is 0 Å². The number of hydrogen-bond donors (Lipinski definition) is 1. The van der Waals surface area contributed by atoms with Gasteiger partial charge in [0.1, 0.15) is 5.75 Å². The largest absolute Gasteiger partial charge is 0.496 e. The topological polar surface area (TPSA) is 34.1 Å². The highest BCUT2D eigenvalue weighted by Gasteiger charge is 2.03. The molecule has 0 aliphatic heterocycles. The number of aromatic nitrogens is 1. The normalized spacial score (nSPS) is 10.6. The Hall–Kier alpha value is -2.07.